The number of nitrogens with one attached hydrogen (secondary N) is 1. The zero-order valence-electron chi connectivity index (χ0n) is 13.3. The van der Waals surface area contributed by atoms with E-state index in [0.717, 1.165) is 26.1 Å². The van der Waals surface area contributed by atoms with Gasteiger partial charge in [0.05, 0.1) is 18.8 Å². The first-order valence-electron chi connectivity index (χ1n) is 8.55. The maximum absolute atomic E-state index is 5.97. The van der Waals surface area contributed by atoms with Gasteiger partial charge in [-0.05, 0) is 43.9 Å². The van der Waals surface area contributed by atoms with Crippen LogP contribution in [0.5, 0.6) is 0 Å². The van der Waals surface area contributed by atoms with Crippen LogP contribution in [0.2, 0.25) is 0 Å². The fraction of sp³-hybridized carbons (Fsp3) is 0.667. The van der Waals surface area contributed by atoms with Gasteiger partial charge in [-0.3, -0.25) is 0 Å². The zero-order valence-corrected chi connectivity index (χ0v) is 13.3. The third kappa shape index (κ3) is 2.95. The molecule has 1 aliphatic heterocycles. The summed E-state index contributed by atoms with van der Waals surface area (Å²) >= 11 is 0. The number of ether oxygens (including phenoxy) is 1. The van der Waals surface area contributed by atoms with E-state index in [2.05, 4.69) is 48.3 Å². The average molecular weight is 288 g/mol. The number of fused-ring (bicyclic) bond motifs is 1. The molecule has 1 saturated heterocycles. The summed E-state index contributed by atoms with van der Waals surface area (Å²) in [6.45, 7) is 7.37. The van der Waals surface area contributed by atoms with Gasteiger partial charge in [-0.25, -0.2) is 0 Å². The average Bonchev–Trinajstić information content (AvgIpc) is 3.01. The van der Waals surface area contributed by atoms with E-state index in [0.29, 0.717) is 18.2 Å². The van der Waals surface area contributed by atoms with Crippen LogP contribution in [0, 0.1) is 0 Å². The lowest BCUT2D eigenvalue weighted by Gasteiger charge is -2.41. The first kappa shape index (κ1) is 14.9. The van der Waals surface area contributed by atoms with Gasteiger partial charge in [0.25, 0.3) is 0 Å². The van der Waals surface area contributed by atoms with Crippen LogP contribution in [0.4, 0.5) is 5.69 Å². The van der Waals surface area contributed by atoms with Gasteiger partial charge in [-0.2, -0.15) is 0 Å². The quantitative estimate of drug-likeness (QED) is 0.897. The molecule has 0 bridgehead atoms. The largest absolute Gasteiger partial charge is 0.374 e. The van der Waals surface area contributed by atoms with Gasteiger partial charge >= 0.3 is 0 Å². The second kappa shape index (κ2) is 6.80. The van der Waals surface area contributed by atoms with Gasteiger partial charge in [-0.15, -0.1) is 0 Å². The number of nitrogens with zero attached hydrogens (tertiary/aromatic N) is 1. The van der Waals surface area contributed by atoms with E-state index in [1.54, 1.807) is 0 Å². The summed E-state index contributed by atoms with van der Waals surface area (Å²) in [5.41, 5.74) is 2.87. The smallest absolute Gasteiger partial charge is 0.0779 e. The molecule has 3 nitrogen and oxygen atoms in total. The third-order valence-electron chi connectivity index (χ3n) is 4.96. The molecule has 2 aliphatic rings. The highest BCUT2D eigenvalue weighted by molar-refractivity contribution is 5.56. The molecule has 1 aromatic rings. The van der Waals surface area contributed by atoms with Crippen molar-refractivity contribution in [3.63, 3.8) is 0 Å². The molecule has 21 heavy (non-hydrogen) atoms. The molecule has 0 aromatic heterocycles. The van der Waals surface area contributed by atoms with Gasteiger partial charge in [0.2, 0.25) is 0 Å². The minimum Gasteiger partial charge on any atom is -0.374 e. The summed E-state index contributed by atoms with van der Waals surface area (Å²) in [7, 11) is 0. The first-order chi connectivity index (χ1) is 10.3. The summed E-state index contributed by atoms with van der Waals surface area (Å²) in [5, 5.41) is 3.63. The fourth-order valence-electron chi connectivity index (χ4n) is 3.99. The lowest BCUT2D eigenvalue weighted by atomic mass is 9.99. The third-order valence-corrected chi connectivity index (χ3v) is 4.96. The molecule has 0 amide bonds. The van der Waals surface area contributed by atoms with Crippen molar-refractivity contribution in [1.29, 1.82) is 0 Å². The fourth-order valence-corrected chi connectivity index (χ4v) is 3.99. The van der Waals surface area contributed by atoms with Gasteiger partial charge in [0, 0.05) is 18.3 Å². The molecule has 3 atom stereocenters. The molecule has 1 saturated carbocycles. The van der Waals surface area contributed by atoms with Gasteiger partial charge in [0.1, 0.15) is 0 Å². The second-order valence-electron chi connectivity index (χ2n) is 6.18. The number of benzene rings is 1. The lowest BCUT2D eigenvalue weighted by molar-refractivity contribution is 0.0255. The maximum atomic E-state index is 5.97. The monoisotopic (exact) mass is 288 g/mol. The van der Waals surface area contributed by atoms with E-state index in [1.165, 1.54) is 30.5 Å². The second-order valence-corrected chi connectivity index (χ2v) is 6.18. The van der Waals surface area contributed by atoms with Crippen LogP contribution >= 0.6 is 0 Å². The number of anilines is 1. The van der Waals surface area contributed by atoms with Crippen molar-refractivity contribution >= 4 is 5.69 Å². The predicted octanol–water partition coefficient (Wildman–Crippen LogP) is 3.50. The van der Waals surface area contributed by atoms with Crippen LogP contribution in [0.3, 0.4) is 0 Å². The van der Waals surface area contributed by atoms with Crippen LogP contribution in [0.1, 0.15) is 51.1 Å². The number of hydrogen-bond donors (Lipinski definition) is 1. The minimum absolute atomic E-state index is 0.450. The van der Waals surface area contributed by atoms with Crippen molar-refractivity contribution in [3.8, 4) is 0 Å². The Morgan fingerprint density at radius 2 is 2.14 bits per heavy atom. The van der Waals surface area contributed by atoms with E-state index < -0.39 is 0 Å². The number of rotatable bonds is 5. The summed E-state index contributed by atoms with van der Waals surface area (Å²) in [4.78, 5) is 2.62. The summed E-state index contributed by atoms with van der Waals surface area (Å²) < 4.78 is 5.97. The topological polar surface area (TPSA) is 24.5 Å². The lowest BCUT2D eigenvalue weighted by Crippen LogP contribution is -2.49. The molecule has 0 spiro atoms. The van der Waals surface area contributed by atoms with E-state index in [-0.39, 0.29) is 0 Å². The van der Waals surface area contributed by atoms with E-state index in [1.807, 2.05) is 0 Å². The first-order valence-corrected chi connectivity index (χ1v) is 8.55. The normalized spacial score (nSPS) is 26.7. The molecule has 2 fully saturated rings. The molecule has 1 heterocycles. The number of hydrogen-bond acceptors (Lipinski definition) is 3. The Labute approximate surface area is 128 Å². The van der Waals surface area contributed by atoms with Gasteiger partial charge in [-0.1, -0.05) is 32.0 Å². The van der Waals surface area contributed by atoms with Gasteiger partial charge in [0.15, 0.2) is 0 Å². The minimum atomic E-state index is 0.450. The van der Waals surface area contributed by atoms with Crippen molar-refractivity contribution in [1.82, 2.24) is 5.32 Å². The maximum Gasteiger partial charge on any atom is 0.0779 e. The summed E-state index contributed by atoms with van der Waals surface area (Å²) in [5.74, 6) is 0. The molecule has 3 heteroatoms. The van der Waals surface area contributed by atoms with Crippen LogP contribution in [-0.4, -0.2) is 31.8 Å². The highest BCUT2D eigenvalue weighted by atomic mass is 16.5. The van der Waals surface area contributed by atoms with E-state index in [4.69, 9.17) is 4.74 Å². The van der Waals surface area contributed by atoms with Crippen molar-refractivity contribution in [3.05, 3.63) is 29.8 Å². The Hall–Kier alpha value is -1.06. The SMILES string of the molecule is CCNC(CC)c1ccccc1N1CCOC2CCCC21. The Balaban J connectivity index is 1.90. The Kier molecular flexibility index (Phi) is 4.81. The van der Waals surface area contributed by atoms with E-state index >= 15 is 0 Å². The van der Waals surface area contributed by atoms with Crippen molar-refractivity contribution in [2.75, 3.05) is 24.6 Å². The molecule has 116 valence electrons. The zero-order chi connectivity index (χ0) is 14.7. The predicted molar refractivity (Wildman–Crippen MR) is 87.9 cm³/mol. The van der Waals surface area contributed by atoms with Crippen molar-refractivity contribution < 1.29 is 4.74 Å². The Morgan fingerprint density at radius 3 is 2.95 bits per heavy atom. The van der Waals surface area contributed by atoms with Gasteiger partial charge < -0.3 is 15.0 Å². The van der Waals surface area contributed by atoms with Crippen LogP contribution < -0.4 is 10.2 Å². The van der Waals surface area contributed by atoms with Crippen molar-refractivity contribution in [2.45, 2.75) is 57.7 Å². The summed E-state index contributed by atoms with van der Waals surface area (Å²) in [6, 6.07) is 9.98. The highest BCUT2D eigenvalue weighted by Gasteiger charge is 2.37. The molecule has 1 N–H and O–H groups in total. The number of morpholine rings is 1. The number of para-hydroxylation sites is 1. The van der Waals surface area contributed by atoms with E-state index in [9.17, 15) is 0 Å². The van der Waals surface area contributed by atoms with Crippen molar-refractivity contribution in [2.24, 2.45) is 0 Å². The Bertz CT molecular complexity index is 462. The van der Waals surface area contributed by atoms with Crippen LogP contribution in [0.25, 0.3) is 0 Å². The highest BCUT2D eigenvalue weighted by Crippen LogP contribution is 2.36. The Morgan fingerprint density at radius 1 is 1.29 bits per heavy atom. The molecular weight excluding hydrogens is 260 g/mol. The van der Waals surface area contributed by atoms with Crippen LogP contribution in [0.15, 0.2) is 24.3 Å². The molecule has 3 unspecified atom stereocenters. The van der Waals surface area contributed by atoms with Crippen LogP contribution in [-0.2, 0) is 4.74 Å². The molecule has 0 radical (unpaired) electrons. The molecule has 3 rings (SSSR count). The molecule has 1 aliphatic carbocycles. The summed E-state index contributed by atoms with van der Waals surface area (Å²) in [6.07, 6.45) is 5.39. The standard InChI is InChI=1S/C18H28N2O/c1-3-15(19-4-2)14-8-5-6-9-16(14)20-12-13-21-18-11-7-10-17(18)20/h5-6,8-9,15,17-19H,3-4,7,10-13H2,1-2H3. The molecular formula is C18H28N2O. The molecule has 1 aromatic carbocycles.